The zero-order chi connectivity index (χ0) is 46.2. The second-order valence-electron chi connectivity index (χ2n) is 18.9. The number of carboxylic acid groups (broad SMARTS) is 1. The number of pyridine rings is 2. The van der Waals surface area contributed by atoms with Gasteiger partial charge in [-0.2, -0.15) is 0 Å². The lowest BCUT2D eigenvalue weighted by Crippen LogP contribution is -2.60. The van der Waals surface area contributed by atoms with Crippen molar-refractivity contribution >= 4 is 23.5 Å². The van der Waals surface area contributed by atoms with Crippen molar-refractivity contribution in [3.63, 3.8) is 0 Å². The van der Waals surface area contributed by atoms with Crippen LogP contribution in [-0.2, 0) is 22.3 Å². The number of nitrogens with zero attached hydrogens (tertiary/aromatic N) is 4. The predicted molar refractivity (Wildman–Crippen MR) is 259 cm³/mol. The average Bonchev–Trinajstić information content (AvgIpc) is 3.30. The minimum Gasteiger partial charge on any atom is -0.466 e. The first-order chi connectivity index (χ1) is 31.8. The number of terminal acetylenes is 1. The van der Waals surface area contributed by atoms with Crippen molar-refractivity contribution in [3.05, 3.63) is 144 Å². The zero-order valence-electron chi connectivity index (χ0n) is 37.8. The lowest BCUT2D eigenvalue weighted by atomic mass is 9.69. The Morgan fingerprint density at radius 1 is 0.742 bits per heavy atom. The number of amides is 2. The molecule has 0 atom stereocenters. The Kier molecular flexibility index (Phi) is 11.8. The first kappa shape index (κ1) is 44.1. The van der Waals surface area contributed by atoms with E-state index in [1.165, 1.54) is 16.9 Å². The molecule has 2 aromatic heterocycles. The second kappa shape index (κ2) is 17.7. The highest BCUT2D eigenvalue weighted by Crippen LogP contribution is 2.50. The highest BCUT2D eigenvalue weighted by molar-refractivity contribution is 6.01. The maximum Gasteiger partial charge on any atom is 0.408 e. The van der Waals surface area contributed by atoms with Crippen LogP contribution >= 0.6 is 0 Å². The van der Waals surface area contributed by atoms with E-state index in [0.29, 0.717) is 23.7 Å². The van der Waals surface area contributed by atoms with Crippen molar-refractivity contribution in [2.75, 3.05) is 18.1 Å². The predicted octanol–water partition coefficient (Wildman–Crippen LogP) is 11.2. The Labute approximate surface area is 386 Å². The molecule has 0 bridgehead atoms. The van der Waals surface area contributed by atoms with Crippen LogP contribution in [-0.4, -0.2) is 56.4 Å². The molecule has 10 nitrogen and oxygen atoms in total. The standard InChI is InChI=1S/C31H31N3O4.C25H24N2O/c1-5-18-33-25-19-24(21-10-7-6-8-11-21)27(32-28(25)38-20-26(33)35)22-12-14-23(15-13-22)31(16-9-17-31)34(29(36)37)30(2,3)4;26-25(14-5-15-25)19-12-10-18(11-13-19)24-20(17-6-2-1-3-7-17)16-21-22(27-24)8-4-9-23(21)28/h1,6-8,10-15,19H,9,16-18,20H2,2-4H3,(H,36,37);1-3,6-7,10-13,16H,4-5,8-9,14-15,26H2. The molecule has 3 N–H and O–H groups in total. The van der Waals surface area contributed by atoms with Crippen molar-refractivity contribution in [2.24, 2.45) is 5.73 Å². The molecule has 0 spiro atoms. The molecule has 3 heterocycles. The van der Waals surface area contributed by atoms with Crippen LogP contribution in [0.5, 0.6) is 5.88 Å². The van der Waals surface area contributed by atoms with Gasteiger partial charge in [0.25, 0.3) is 5.91 Å². The summed E-state index contributed by atoms with van der Waals surface area (Å²) in [5, 5.41) is 10.1. The Morgan fingerprint density at radius 3 is 1.82 bits per heavy atom. The van der Waals surface area contributed by atoms with Gasteiger partial charge in [0, 0.05) is 45.3 Å². The van der Waals surface area contributed by atoms with E-state index in [1.54, 1.807) is 4.90 Å². The maximum atomic E-state index is 12.5. The van der Waals surface area contributed by atoms with Crippen LogP contribution in [0.15, 0.2) is 121 Å². The summed E-state index contributed by atoms with van der Waals surface area (Å²) in [5.74, 6) is 2.91. The fraction of sp³-hybridized carbons (Fsp3) is 0.304. The number of aromatic nitrogens is 2. The van der Waals surface area contributed by atoms with Gasteiger partial charge >= 0.3 is 6.09 Å². The number of benzene rings is 4. The molecule has 4 aromatic carbocycles. The fourth-order valence-electron chi connectivity index (χ4n) is 10.1. The van der Waals surface area contributed by atoms with Gasteiger partial charge in [-0.25, -0.2) is 9.78 Å². The molecule has 2 saturated carbocycles. The van der Waals surface area contributed by atoms with E-state index in [0.717, 1.165) is 101 Å². The van der Waals surface area contributed by atoms with Crippen LogP contribution in [0, 0.1) is 12.3 Å². The van der Waals surface area contributed by atoms with E-state index in [1.807, 2.05) is 99.6 Å². The van der Waals surface area contributed by atoms with Crippen LogP contribution < -0.4 is 15.4 Å². The third-order valence-electron chi connectivity index (χ3n) is 13.7. The van der Waals surface area contributed by atoms with Crippen molar-refractivity contribution in [2.45, 2.75) is 95.2 Å². The molecule has 334 valence electrons. The van der Waals surface area contributed by atoms with Gasteiger partial charge in [-0.15, -0.1) is 6.42 Å². The number of anilines is 1. The normalized spacial score (nSPS) is 16.7. The quantitative estimate of drug-likeness (QED) is 0.144. The van der Waals surface area contributed by atoms with Gasteiger partial charge in [0.1, 0.15) is 5.69 Å². The molecule has 0 radical (unpaired) electrons. The highest BCUT2D eigenvalue weighted by Gasteiger charge is 2.50. The Balaban J connectivity index is 0.000000173. The van der Waals surface area contributed by atoms with E-state index in [9.17, 15) is 19.5 Å². The van der Waals surface area contributed by atoms with Crippen LogP contribution in [0.25, 0.3) is 44.8 Å². The van der Waals surface area contributed by atoms with Gasteiger partial charge in [0.2, 0.25) is 5.88 Å². The molecular formula is C56H55N5O5. The van der Waals surface area contributed by atoms with E-state index in [2.05, 4.69) is 48.4 Å². The molecular weight excluding hydrogens is 823 g/mol. The molecule has 2 amide bonds. The van der Waals surface area contributed by atoms with E-state index in [-0.39, 0.29) is 30.4 Å². The molecule has 66 heavy (non-hydrogen) atoms. The number of hydrogen-bond donors (Lipinski definition) is 2. The largest absolute Gasteiger partial charge is 0.466 e. The number of aryl methyl sites for hydroxylation is 1. The lowest BCUT2D eigenvalue weighted by molar-refractivity contribution is -0.121. The monoisotopic (exact) mass is 877 g/mol. The smallest absolute Gasteiger partial charge is 0.408 e. The number of Topliss-reactive ketones (excluding diaryl/α,β-unsaturated/α-hetero) is 1. The number of carbonyl (C=O) groups excluding carboxylic acids is 2. The van der Waals surface area contributed by atoms with Gasteiger partial charge in [-0.3, -0.25) is 24.4 Å². The minimum atomic E-state index is -0.910. The summed E-state index contributed by atoms with van der Waals surface area (Å²) in [6, 6.07) is 40.6. The van der Waals surface area contributed by atoms with Gasteiger partial charge in [-0.1, -0.05) is 115 Å². The van der Waals surface area contributed by atoms with Crippen molar-refractivity contribution < 1.29 is 24.2 Å². The Bertz CT molecular complexity index is 2840. The van der Waals surface area contributed by atoms with Crippen molar-refractivity contribution in [1.82, 2.24) is 14.9 Å². The average molecular weight is 878 g/mol. The van der Waals surface area contributed by atoms with Gasteiger partial charge in [-0.05, 0) is 107 Å². The molecule has 0 unspecified atom stereocenters. The number of carbonyl (C=O) groups is 3. The van der Waals surface area contributed by atoms with Crippen LogP contribution in [0.2, 0.25) is 0 Å². The van der Waals surface area contributed by atoms with Crippen LogP contribution in [0.3, 0.4) is 0 Å². The van der Waals surface area contributed by atoms with Crippen molar-refractivity contribution in [3.8, 4) is 63.0 Å². The number of ketones is 1. The molecule has 0 saturated heterocycles. The Morgan fingerprint density at radius 2 is 1.30 bits per heavy atom. The topological polar surface area (TPSA) is 139 Å². The van der Waals surface area contributed by atoms with Crippen LogP contribution in [0.4, 0.5) is 10.5 Å². The second-order valence-corrected chi connectivity index (χ2v) is 18.9. The summed E-state index contributed by atoms with van der Waals surface area (Å²) in [6.45, 7) is 5.83. The number of fused-ring (bicyclic) bond motifs is 2. The van der Waals surface area contributed by atoms with Gasteiger partial charge < -0.3 is 15.6 Å². The third-order valence-corrected chi connectivity index (χ3v) is 13.7. The fourth-order valence-corrected chi connectivity index (χ4v) is 10.1. The summed E-state index contributed by atoms with van der Waals surface area (Å²) < 4.78 is 5.72. The van der Waals surface area contributed by atoms with E-state index < -0.39 is 17.2 Å². The third kappa shape index (κ3) is 8.24. The van der Waals surface area contributed by atoms with Gasteiger partial charge in [0.05, 0.1) is 29.2 Å². The highest BCUT2D eigenvalue weighted by atomic mass is 16.5. The maximum absolute atomic E-state index is 12.5. The molecule has 4 aliphatic rings. The molecule has 10 heteroatoms. The molecule has 3 aliphatic carbocycles. The summed E-state index contributed by atoms with van der Waals surface area (Å²) in [4.78, 5) is 50.3. The first-order valence-electron chi connectivity index (χ1n) is 22.9. The first-order valence-corrected chi connectivity index (χ1v) is 22.9. The lowest BCUT2D eigenvalue weighted by Gasteiger charge is -2.54. The summed E-state index contributed by atoms with van der Waals surface area (Å²) in [7, 11) is 0. The summed E-state index contributed by atoms with van der Waals surface area (Å²) in [6.07, 6.45) is 12.9. The van der Waals surface area contributed by atoms with Gasteiger partial charge in [0.15, 0.2) is 12.4 Å². The Hall–Kier alpha value is -7.09. The zero-order valence-corrected chi connectivity index (χ0v) is 37.8. The number of hydrogen-bond acceptors (Lipinski definition) is 7. The minimum absolute atomic E-state index is 0.120. The van der Waals surface area contributed by atoms with Crippen LogP contribution in [0.1, 0.15) is 99.3 Å². The van der Waals surface area contributed by atoms with E-state index in [4.69, 9.17) is 26.9 Å². The summed E-state index contributed by atoms with van der Waals surface area (Å²) in [5.41, 5.74) is 17.2. The molecule has 10 rings (SSSR count). The molecule has 1 aliphatic heterocycles. The molecule has 2 fully saturated rings. The number of ether oxygens (including phenoxy) is 1. The van der Waals surface area contributed by atoms with Crippen molar-refractivity contribution in [1.29, 1.82) is 0 Å². The summed E-state index contributed by atoms with van der Waals surface area (Å²) >= 11 is 0. The number of nitrogens with two attached hydrogens (primary N) is 1. The van der Waals surface area contributed by atoms with E-state index >= 15 is 0 Å². The number of rotatable bonds is 8. The molecule has 6 aromatic rings. The SMILES string of the molecule is C#CCN1C(=O)COc2nc(-c3ccc(C4(N(C(=O)O)C(C)(C)C)CCC4)cc3)c(-c3ccccc3)cc21.NC1(c2ccc(-c3nc4c(cc3-c3ccccc3)C(=O)CCC4)cc2)CCC1.